The highest BCUT2D eigenvalue weighted by Gasteiger charge is 2.27. The highest BCUT2D eigenvalue weighted by molar-refractivity contribution is 5.88. The first kappa shape index (κ1) is 25.0. The van der Waals surface area contributed by atoms with E-state index in [0.717, 1.165) is 16.5 Å². The molecule has 0 spiro atoms. The molecular weight excluding hydrogens is 416 g/mol. The lowest BCUT2D eigenvalue weighted by Gasteiger charge is -2.22. The van der Waals surface area contributed by atoms with Crippen molar-refractivity contribution in [1.29, 1.82) is 0 Å². The van der Waals surface area contributed by atoms with Gasteiger partial charge >= 0.3 is 18.2 Å². The van der Waals surface area contributed by atoms with Gasteiger partial charge in [-0.3, -0.25) is 0 Å². The van der Waals surface area contributed by atoms with Gasteiger partial charge in [0.15, 0.2) is 0 Å². The van der Waals surface area contributed by atoms with Gasteiger partial charge in [-0.25, -0.2) is 14.4 Å². The van der Waals surface area contributed by atoms with Gasteiger partial charge in [-0.05, 0) is 65.3 Å². The molecule has 1 heterocycles. The minimum absolute atomic E-state index is 0.152. The van der Waals surface area contributed by atoms with E-state index < -0.39 is 35.5 Å². The molecule has 32 heavy (non-hydrogen) atoms. The molecule has 0 aliphatic rings. The number of carbonyl (C=O) groups is 3. The number of methoxy groups -OCH3 is 1. The van der Waals surface area contributed by atoms with Gasteiger partial charge in [-0.2, -0.15) is 0 Å². The second kappa shape index (κ2) is 9.50. The third kappa shape index (κ3) is 7.18. The molecule has 0 saturated heterocycles. The average molecular weight is 449 g/mol. The Labute approximate surface area is 187 Å². The van der Waals surface area contributed by atoms with Crippen LogP contribution in [0, 0.1) is 0 Å². The summed E-state index contributed by atoms with van der Waals surface area (Å²) in [4.78, 5) is 36.6. The molecule has 0 unspecified atom stereocenters. The van der Waals surface area contributed by atoms with Crippen molar-refractivity contribution in [2.75, 3.05) is 7.11 Å². The molecule has 9 nitrogen and oxygen atoms in total. The number of alkyl carbamates (subject to hydrolysis) is 1. The summed E-state index contributed by atoms with van der Waals surface area (Å²) in [5.41, 5.74) is 0.221. The van der Waals surface area contributed by atoms with Gasteiger partial charge in [0.05, 0.1) is 7.11 Å². The quantitative estimate of drug-likeness (QED) is 0.417. The summed E-state index contributed by atoms with van der Waals surface area (Å²) in [6.07, 6.45) is 0.462. The number of hydrogen-bond donors (Lipinski definition) is 1. The van der Waals surface area contributed by atoms with Crippen molar-refractivity contribution >= 4 is 29.1 Å². The lowest BCUT2D eigenvalue weighted by Crippen LogP contribution is -2.45. The van der Waals surface area contributed by atoms with Crippen LogP contribution >= 0.6 is 0 Å². The van der Waals surface area contributed by atoms with Crippen LogP contribution in [0.15, 0.2) is 24.4 Å². The number of esters is 1. The van der Waals surface area contributed by atoms with E-state index in [-0.39, 0.29) is 6.42 Å². The number of aromatic nitrogens is 1. The fraction of sp³-hybridized carbons (Fsp3) is 0.522. The molecule has 2 rings (SSSR count). The third-order valence-corrected chi connectivity index (χ3v) is 4.23. The van der Waals surface area contributed by atoms with E-state index in [1.807, 2.05) is 17.8 Å². The fourth-order valence-corrected chi connectivity index (χ4v) is 3.05. The maximum Gasteiger partial charge on any atom is 0.514 e. The zero-order chi connectivity index (χ0) is 24.3. The lowest BCUT2D eigenvalue weighted by molar-refractivity contribution is -0.143. The Morgan fingerprint density at radius 2 is 1.66 bits per heavy atom. The van der Waals surface area contributed by atoms with E-state index in [1.54, 1.807) is 59.7 Å². The number of aryl methyl sites for hydroxylation is 1. The molecule has 0 fully saturated rings. The van der Waals surface area contributed by atoms with Gasteiger partial charge in [0.25, 0.3) is 0 Å². The second-order valence-electron chi connectivity index (χ2n) is 9.44. The van der Waals surface area contributed by atoms with Crippen molar-refractivity contribution < 1.29 is 33.3 Å². The van der Waals surface area contributed by atoms with Gasteiger partial charge in [0, 0.05) is 30.6 Å². The van der Waals surface area contributed by atoms with E-state index in [4.69, 9.17) is 18.9 Å². The number of hydrogen-bond acceptors (Lipinski definition) is 7. The van der Waals surface area contributed by atoms with Crippen molar-refractivity contribution in [2.45, 2.75) is 65.2 Å². The van der Waals surface area contributed by atoms with Gasteiger partial charge < -0.3 is 28.8 Å². The Morgan fingerprint density at radius 3 is 2.22 bits per heavy atom. The van der Waals surface area contributed by atoms with Crippen molar-refractivity contribution in [3.05, 3.63) is 30.0 Å². The number of fused-ring (bicyclic) bond motifs is 1. The summed E-state index contributed by atoms with van der Waals surface area (Å²) in [5.74, 6) is -0.303. The number of nitrogens with zero attached hydrogens (tertiary/aromatic N) is 1. The lowest BCUT2D eigenvalue weighted by atomic mass is 10.0. The summed E-state index contributed by atoms with van der Waals surface area (Å²) in [7, 11) is 3.11. The van der Waals surface area contributed by atoms with Crippen LogP contribution in [-0.2, 0) is 32.5 Å². The van der Waals surface area contributed by atoms with Crippen LogP contribution in [0.5, 0.6) is 5.75 Å². The van der Waals surface area contributed by atoms with Crippen LogP contribution < -0.4 is 10.1 Å². The number of rotatable bonds is 5. The van der Waals surface area contributed by atoms with Crippen molar-refractivity contribution in [3.8, 4) is 5.75 Å². The summed E-state index contributed by atoms with van der Waals surface area (Å²) >= 11 is 0. The van der Waals surface area contributed by atoms with Crippen LogP contribution in [0.25, 0.3) is 10.9 Å². The Kier molecular flexibility index (Phi) is 7.43. The van der Waals surface area contributed by atoms with E-state index in [2.05, 4.69) is 5.32 Å². The maximum atomic E-state index is 12.3. The third-order valence-electron chi connectivity index (χ3n) is 4.23. The van der Waals surface area contributed by atoms with Crippen LogP contribution in [-0.4, -0.2) is 47.1 Å². The largest absolute Gasteiger partial charge is 0.514 e. The number of ether oxygens (including phenoxy) is 4. The van der Waals surface area contributed by atoms with Crippen molar-refractivity contribution in [2.24, 2.45) is 7.05 Å². The van der Waals surface area contributed by atoms with Gasteiger partial charge in [0.1, 0.15) is 23.0 Å². The van der Waals surface area contributed by atoms with Gasteiger partial charge in [-0.1, -0.05) is 0 Å². The molecular formula is C23H32N2O7. The minimum atomic E-state index is -0.962. The standard InChI is InChI=1S/C23H32N2O7/c1-22(2,3)31-20(27)24-17(19(26)29-8)11-14-13-25(7)18-10-9-15(12-16(14)18)30-21(28)32-23(4,5)6/h9-10,12-13,17H,11H2,1-8H3,(H,24,27)/t17-/m0/s1. The molecule has 1 N–H and O–H groups in total. The topological polar surface area (TPSA) is 105 Å². The monoisotopic (exact) mass is 448 g/mol. The Bertz CT molecular complexity index is 996. The number of nitrogens with one attached hydrogen (secondary N) is 1. The Hall–Kier alpha value is -3.23. The Morgan fingerprint density at radius 1 is 1.03 bits per heavy atom. The van der Waals surface area contributed by atoms with Crippen molar-refractivity contribution in [3.63, 3.8) is 0 Å². The molecule has 0 radical (unpaired) electrons. The molecule has 1 atom stereocenters. The second-order valence-corrected chi connectivity index (χ2v) is 9.44. The summed E-state index contributed by atoms with van der Waals surface area (Å²) in [6.45, 7) is 10.4. The highest BCUT2D eigenvalue weighted by Crippen LogP contribution is 2.27. The molecule has 1 aromatic carbocycles. The van der Waals surface area contributed by atoms with Gasteiger partial charge in [0.2, 0.25) is 0 Å². The smallest absolute Gasteiger partial charge is 0.467 e. The molecule has 2 aromatic rings. The van der Waals surface area contributed by atoms with E-state index in [0.29, 0.717) is 5.75 Å². The zero-order valence-corrected chi connectivity index (χ0v) is 19.9. The molecule has 1 aromatic heterocycles. The summed E-state index contributed by atoms with van der Waals surface area (Å²) in [5, 5.41) is 3.33. The number of carbonyl (C=O) groups excluding carboxylic acids is 3. The maximum absolute atomic E-state index is 12.3. The molecule has 9 heteroatoms. The molecule has 1 amide bonds. The first-order valence-corrected chi connectivity index (χ1v) is 10.2. The fourth-order valence-electron chi connectivity index (χ4n) is 3.05. The average Bonchev–Trinajstić information content (AvgIpc) is 2.92. The Balaban J connectivity index is 2.29. The SMILES string of the molecule is COC(=O)[C@H](Cc1cn(C)c2ccc(OC(=O)OC(C)(C)C)cc12)NC(=O)OC(C)(C)C. The predicted molar refractivity (Wildman–Crippen MR) is 119 cm³/mol. The highest BCUT2D eigenvalue weighted by atomic mass is 16.7. The molecule has 0 bridgehead atoms. The van der Waals surface area contributed by atoms with E-state index in [1.165, 1.54) is 7.11 Å². The van der Waals surface area contributed by atoms with E-state index >= 15 is 0 Å². The molecule has 0 saturated carbocycles. The molecule has 176 valence electrons. The zero-order valence-electron chi connectivity index (χ0n) is 19.9. The van der Waals surface area contributed by atoms with Crippen molar-refractivity contribution in [1.82, 2.24) is 9.88 Å². The minimum Gasteiger partial charge on any atom is -0.467 e. The molecule has 0 aliphatic carbocycles. The number of amides is 1. The first-order valence-electron chi connectivity index (χ1n) is 10.2. The van der Waals surface area contributed by atoms with Crippen LogP contribution in [0.4, 0.5) is 9.59 Å². The van der Waals surface area contributed by atoms with Crippen LogP contribution in [0.3, 0.4) is 0 Å². The normalized spacial score (nSPS) is 12.8. The summed E-state index contributed by atoms with van der Waals surface area (Å²) in [6, 6.07) is 4.19. The van der Waals surface area contributed by atoms with E-state index in [9.17, 15) is 14.4 Å². The van der Waals surface area contributed by atoms with Crippen LogP contribution in [0.1, 0.15) is 47.1 Å². The van der Waals surface area contributed by atoms with Gasteiger partial charge in [-0.15, -0.1) is 0 Å². The first-order chi connectivity index (χ1) is 14.7. The molecule has 0 aliphatic heterocycles. The van der Waals surface area contributed by atoms with Crippen LogP contribution in [0.2, 0.25) is 0 Å². The number of benzene rings is 1. The predicted octanol–water partition coefficient (Wildman–Crippen LogP) is 4.10. The summed E-state index contributed by atoms with van der Waals surface area (Å²) < 4.78 is 22.5.